The van der Waals surface area contributed by atoms with Crippen LogP contribution in [0.2, 0.25) is 0 Å². The summed E-state index contributed by atoms with van der Waals surface area (Å²) in [6.07, 6.45) is 6.91. The maximum atomic E-state index is 12.7. The molecule has 5 rings (SSSR count). The van der Waals surface area contributed by atoms with Crippen molar-refractivity contribution in [2.75, 3.05) is 46.6 Å². The topological polar surface area (TPSA) is 130 Å². The van der Waals surface area contributed by atoms with Gasteiger partial charge < -0.3 is 25.5 Å². The number of carbonyl (C=O) groups excluding carboxylic acids is 1. The molecule has 2 fully saturated rings. The lowest BCUT2D eigenvalue weighted by molar-refractivity contribution is 0.102. The Morgan fingerprint density at radius 3 is 1.92 bits per heavy atom. The van der Waals surface area contributed by atoms with E-state index in [2.05, 4.69) is 30.4 Å². The average Bonchev–Trinajstić information content (AvgIpc) is 2.94. The molecule has 0 bridgehead atoms. The summed E-state index contributed by atoms with van der Waals surface area (Å²) in [4.78, 5) is 31.3. The molecule has 1 amide bonds. The van der Waals surface area contributed by atoms with Crippen molar-refractivity contribution in [2.45, 2.75) is 38.5 Å². The predicted octanol–water partition coefficient (Wildman–Crippen LogP) is 4.43. The molecule has 10 nitrogen and oxygen atoms in total. The number of nitrogens with one attached hydrogen (secondary N) is 2. The number of hydrogen-bond donors (Lipinski definition) is 3. The third-order valence-corrected chi connectivity index (χ3v) is 6.66. The molecule has 0 saturated carbocycles. The molecule has 3 aromatic rings. The standard InChI is InChI=1S/C27H30N8O2/c28-18-19-7-9-20(10-8-19)29-24(37)22-12-11-21(17-23(22)36)30-25-31-26(34-13-3-1-4-14-34)33-27(32-25)35-15-5-2-6-16-35/h7-12,17,36H,1-6,13-16H2,(H,29,37)(H,30,31,32,33). The van der Waals surface area contributed by atoms with Crippen molar-refractivity contribution in [3.8, 4) is 11.8 Å². The number of piperidine rings is 2. The van der Waals surface area contributed by atoms with Gasteiger partial charge >= 0.3 is 0 Å². The fourth-order valence-electron chi connectivity index (χ4n) is 4.64. The van der Waals surface area contributed by atoms with Gasteiger partial charge in [-0.3, -0.25) is 4.79 Å². The molecule has 2 aromatic carbocycles. The molecule has 0 aliphatic carbocycles. The summed E-state index contributed by atoms with van der Waals surface area (Å²) < 4.78 is 0. The number of carbonyl (C=O) groups is 1. The van der Waals surface area contributed by atoms with Gasteiger partial charge in [0.1, 0.15) is 5.75 Å². The molecule has 37 heavy (non-hydrogen) atoms. The molecule has 1 aromatic heterocycles. The lowest BCUT2D eigenvalue weighted by Gasteiger charge is -2.30. The number of aromatic nitrogens is 3. The van der Waals surface area contributed by atoms with Gasteiger partial charge in [0.15, 0.2) is 0 Å². The monoisotopic (exact) mass is 498 g/mol. The fourth-order valence-corrected chi connectivity index (χ4v) is 4.64. The molecule has 2 aliphatic heterocycles. The van der Waals surface area contributed by atoms with Crippen molar-refractivity contribution in [1.29, 1.82) is 5.26 Å². The van der Waals surface area contributed by atoms with Crippen LogP contribution in [0.25, 0.3) is 0 Å². The molecule has 190 valence electrons. The Balaban J connectivity index is 1.35. The Morgan fingerprint density at radius 1 is 0.811 bits per heavy atom. The fraction of sp³-hybridized carbons (Fsp3) is 0.370. The highest BCUT2D eigenvalue weighted by Crippen LogP contribution is 2.27. The first-order chi connectivity index (χ1) is 18.1. The molecular weight excluding hydrogens is 468 g/mol. The Kier molecular flexibility index (Phi) is 7.31. The molecule has 3 heterocycles. The number of amides is 1. The lowest BCUT2D eigenvalue weighted by atomic mass is 10.1. The Morgan fingerprint density at radius 2 is 1.38 bits per heavy atom. The maximum absolute atomic E-state index is 12.7. The SMILES string of the molecule is N#Cc1ccc(NC(=O)c2ccc(Nc3nc(N4CCCCC4)nc(N4CCCCC4)n3)cc2O)cc1. The second-order valence-corrected chi connectivity index (χ2v) is 9.35. The summed E-state index contributed by atoms with van der Waals surface area (Å²) in [7, 11) is 0. The summed E-state index contributed by atoms with van der Waals surface area (Å²) in [6.45, 7) is 3.69. The molecule has 0 radical (unpaired) electrons. The molecule has 0 unspecified atom stereocenters. The zero-order chi connectivity index (χ0) is 25.6. The smallest absolute Gasteiger partial charge is 0.259 e. The average molecular weight is 499 g/mol. The number of aromatic hydroxyl groups is 1. The number of rotatable bonds is 6. The minimum Gasteiger partial charge on any atom is -0.507 e. The Hall–Kier alpha value is -4.39. The van der Waals surface area contributed by atoms with Crippen LogP contribution in [0.4, 0.5) is 29.2 Å². The van der Waals surface area contributed by atoms with Crippen molar-refractivity contribution in [3.05, 3.63) is 53.6 Å². The van der Waals surface area contributed by atoms with Gasteiger partial charge in [-0.2, -0.15) is 20.2 Å². The predicted molar refractivity (Wildman–Crippen MR) is 142 cm³/mol. The molecule has 2 saturated heterocycles. The largest absolute Gasteiger partial charge is 0.507 e. The quantitative estimate of drug-likeness (QED) is 0.452. The van der Waals surface area contributed by atoms with E-state index in [-0.39, 0.29) is 11.3 Å². The summed E-state index contributed by atoms with van der Waals surface area (Å²) in [6, 6.07) is 13.3. The first kappa shape index (κ1) is 24.3. The zero-order valence-corrected chi connectivity index (χ0v) is 20.7. The van der Waals surface area contributed by atoms with Crippen molar-refractivity contribution in [2.24, 2.45) is 0 Å². The normalized spacial score (nSPS) is 15.6. The highest BCUT2D eigenvalue weighted by atomic mass is 16.3. The van der Waals surface area contributed by atoms with Crippen LogP contribution in [0.15, 0.2) is 42.5 Å². The van der Waals surface area contributed by atoms with Gasteiger partial charge in [-0.1, -0.05) is 0 Å². The molecule has 0 spiro atoms. The number of phenols is 1. The van der Waals surface area contributed by atoms with Crippen molar-refractivity contribution >= 4 is 35.1 Å². The number of nitrogens with zero attached hydrogens (tertiary/aromatic N) is 6. The Labute approximate surface area is 216 Å². The minimum absolute atomic E-state index is 0.133. The number of anilines is 5. The number of benzene rings is 2. The summed E-state index contributed by atoms with van der Waals surface area (Å²) in [5, 5.41) is 25.5. The van der Waals surface area contributed by atoms with Gasteiger partial charge in [-0.05, 0) is 74.9 Å². The first-order valence-corrected chi connectivity index (χ1v) is 12.8. The second kappa shape index (κ2) is 11.1. The van der Waals surface area contributed by atoms with E-state index >= 15 is 0 Å². The highest BCUT2D eigenvalue weighted by molar-refractivity contribution is 6.06. The third kappa shape index (κ3) is 5.89. The van der Waals surface area contributed by atoms with E-state index in [1.165, 1.54) is 18.9 Å². The van der Waals surface area contributed by atoms with E-state index in [1.807, 2.05) is 6.07 Å². The van der Waals surface area contributed by atoms with Gasteiger partial charge in [-0.15, -0.1) is 0 Å². The van der Waals surface area contributed by atoms with E-state index in [4.69, 9.17) is 10.2 Å². The van der Waals surface area contributed by atoms with Gasteiger partial charge in [0, 0.05) is 43.6 Å². The van der Waals surface area contributed by atoms with Crippen molar-refractivity contribution in [3.63, 3.8) is 0 Å². The van der Waals surface area contributed by atoms with E-state index in [0.29, 0.717) is 34.8 Å². The summed E-state index contributed by atoms with van der Waals surface area (Å²) >= 11 is 0. The van der Waals surface area contributed by atoms with Crippen LogP contribution in [0.1, 0.15) is 54.4 Å². The first-order valence-electron chi connectivity index (χ1n) is 12.8. The van der Waals surface area contributed by atoms with Crippen LogP contribution in [0.5, 0.6) is 5.75 Å². The van der Waals surface area contributed by atoms with E-state index in [9.17, 15) is 9.90 Å². The number of hydrogen-bond acceptors (Lipinski definition) is 9. The van der Waals surface area contributed by atoms with Gasteiger partial charge in [0.05, 0.1) is 17.2 Å². The van der Waals surface area contributed by atoms with Crippen LogP contribution < -0.4 is 20.4 Å². The summed E-state index contributed by atoms with van der Waals surface area (Å²) in [5.74, 6) is 1.12. The number of nitriles is 1. The van der Waals surface area contributed by atoms with Gasteiger partial charge in [0.25, 0.3) is 5.91 Å². The molecule has 10 heteroatoms. The van der Waals surface area contributed by atoms with Crippen LogP contribution in [0, 0.1) is 11.3 Å². The molecule has 3 N–H and O–H groups in total. The third-order valence-electron chi connectivity index (χ3n) is 6.66. The second-order valence-electron chi connectivity index (χ2n) is 9.35. The lowest BCUT2D eigenvalue weighted by Crippen LogP contribution is -2.34. The molecular formula is C27H30N8O2. The molecule has 0 atom stereocenters. The van der Waals surface area contributed by atoms with E-state index in [0.717, 1.165) is 51.9 Å². The van der Waals surface area contributed by atoms with Crippen molar-refractivity contribution < 1.29 is 9.90 Å². The van der Waals surface area contributed by atoms with Crippen LogP contribution in [-0.2, 0) is 0 Å². The van der Waals surface area contributed by atoms with Crippen molar-refractivity contribution in [1.82, 2.24) is 15.0 Å². The van der Waals surface area contributed by atoms with E-state index < -0.39 is 5.91 Å². The van der Waals surface area contributed by atoms with Crippen LogP contribution in [-0.4, -0.2) is 52.1 Å². The maximum Gasteiger partial charge on any atom is 0.259 e. The van der Waals surface area contributed by atoms with Crippen LogP contribution >= 0.6 is 0 Å². The Bertz CT molecular complexity index is 1260. The molecule has 2 aliphatic rings. The minimum atomic E-state index is -0.450. The van der Waals surface area contributed by atoms with Gasteiger partial charge in [0.2, 0.25) is 17.8 Å². The highest BCUT2D eigenvalue weighted by Gasteiger charge is 2.21. The zero-order valence-electron chi connectivity index (χ0n) is 20.7. The number of phenolic OH excluding ortho intramolecular Hbond substituents is 1. The van der Waals surface area contributed by atoms with E-state index in [1.54, 1.807) is 36.4 Å². The van der Waals surface area contributed by atoms with Gasteiger partial charge in [-0.25, -0.2) is 0 Å². The summed E-state index contributed by atoms with van der Waals surface area (Å²) in [5.41, 5.74) is 1.73. The van der Waals surface area contributed by atoms with Crippen LogP contribution in [0.3, 0.4) is 0 Å².